The molecule has 20 heteroatoms. The lowest BCUT2D eigenvalue weighted by atomic mass is 9.93. The number of benzene rings is 2. The molecule has 0 unspecified atom stereocenters. The van der Waals surface area contributed by atoms with Crippen LogP contribution < -0.4 is 34.6 Å². The van der Waals surface area contributed by atoms with Crippen LogP contribution in [-0.2, 0) is 16.0 Å². The third kappa shape index (κ3) is 14.0. The highest BCUT2D eigenvalue weighted by Gasteiger charge is 2.27. The number of ether oxygens (including phenoxy) is 5. The number of anilines is 4. The van der Waals surface area contributed by atoms with Crippen LogP contribution in [0.5, 0.6) is 17.2 Å². The Kier molecular flexibility index (Phi) is 17.5. The van der Waals surface area contributed by atoms with Gasteiger partial charge in [0.2, 0.25) is 11.9 Å². The van der Waals surface area contributed by atoms with Gasteiger partial charge >= 0.3 is 0 Å². The van der Waals surface area contributed by atoms with Gasteiger partial charge in [0.1, 0.15) is 29.1 Å². The van der Waals surface area contributed by atoms with Crippen LogP contribution >= 0.6 is 0 Å². The summed E-state index contributed by atoms with van der Waals surface area (Å²) < 4.78 is 30.0. The average Bonchev–Trinajstić information content (AvgIpc) is 4.01. The summed E-state index contributed by atoms with van der Waals surface area (Å²) in [5.41, 5.74) is 6.80. The molecule has 4 aromatic heterocycles. The van der Waals surface area contributed by atoms with Crippen molar-refractivity contribution in [1.29, 1.82) is 0 Å². The van der Waals surface area contributed by atoms with E-state index in [9.17, 15) is 0 Å². The molecule has 0 radical (unpaired) electrons. The predicted octanol–water partition coefficient (Wildman–Crippen LogP) is 6.34. The maximum absolute atomic E-state index is 6.57. The van der Waals surface area contributed by atoms with E-state index in [4.69, 9.17) is 23.7 Å². The van der Waals surface area contributed by atoms with Crippen molar-refractivity contribution in [3.05, 3.63) is 79.4 Å². The van der Waals surface area contributed by atoms with Crippen LogP contribution in [0.15, 0.2) is 73.8 Å². The van der Waals surface area contributed by atoms with Crippen LogP contribution in [0.4, 0.5) is 23.3 Å². The van der Waals surface area contributed by atoms with Gasteiger partial charge in [-0.3, -0.25) is 19.8 Å². The quantitative estimate of drug-likeness (QED) is 0.109. The Morgan fingerprint density at radius 2 is 0.987 bits per heavy atom. The molecule has 2 aromatic carbocycles. The molecule has 12 rings (SSSR count). The van der Waals surface area contributed by atoms with Gasteiger partial charge in [-0.15, -0.1) is 0 Å². The van der Waals surface area contributed by atoms with Gasteiger partial charge in [0.15, 0.2) is 5.75 Å². The van der Waals surface area contributed by atoms with Gasteiger partial charge in [0.25, 0.3) is 0 Å². The van der Waals surface area contributed by atoms with E-state index in [1.165, 1.54) is 31.5 Å². The van der Waals surface area contributed by atoms with Crippen LogP contribution in [0.2, 0.25) is 0 Å². The SMILES string of the molecule is CN1CCN(Cc2cnc(NC3CCC(Oc4cc(N5CCOCC5)cc5nccnc45)CC3)nc2)CC1.c1cnc2c(OC3CCC(Nc4ncc(OCCN5CCCC5)cn4)CC3)cc(N3CCOCC3)cc2n1. The average molecular weight is 1040 g/mol. The Hall–Kier alpha value is -6.32. The van der Waals surface area contributed by atoms with Crippen LogP contribution in [0.3, 0.4) is 0 Å². The Morgan fingerprint density at radius 3 is 1.49 bits per heavy atom. The first-order chi connectivity index (χ1) is 37.5. The molecule has 2 N–H and O–H groups in total. The summed E-state index contributed by atoms with van der Waals surface area (Å²) in [6.07, 6.45) is 25.2. The fourth-order valence-corrected chi connectivity index (χ4v) is 11.2. The first kappa shape index (κ1) is 51.8. The van der Waals surface area contributed by atoms with E-state index in [1.54, 1.807) is 37.2 Å². The number of rotatable bonds is 16. The smallest absolute Gasteiger partial charge is 0.223 e. The second kappa shape index (κ2) is 25.7. The van der Waals surface area contributed by atoms with Crippen LogP contribution in [0.1, 0.15) is 69.8 Å². The molecule has 4 aliphatic heterocycles. The highest BCUT2D eigenvalue weighted by atomic mass is 16.5. The number of morpholine rings is 2. The van der Waals surface area contributed by atoms with Gasteiger partial charge in [-0.2, -0.15) is 0 Å². The lowest BCUT2D eigenvalue weighted by Gasteiger charge is -2.32. The number of nitrogens with one attached hydrogen (secondary N) is 2. The Morgan fingerprint density at radius 1 is 0.513 bits per heavy atom. The summed E-state index contributed by atoms with van der Waals surface area (Å²) in [6.45, 7) is 15.8. The molecule has 2 saturated carbocycles. The fraction of sp³-hybridized carbons (Fsp3) is 0.571. The third-order valence-electron chi connectivity index (χ3n) is 15.6. The van der Waals surface area contributed by atoms with E-state index in [0.29, 0.717) is 24.6 Å². The zero-order valence-electron chi connectivity index (χ0n) is 44.2. The van der Waals surface area contributed by atoms with Crippen LogP contribution in [0, 0.1) is 0 Å². The minimum absolute atomic E-state index is 0.144. The molecule has 404 valence electrons. The van der Waals surface area contributed by atoms with E-state index in [1.807, 2.05) is 12.4 Å². The number of fused-ring (bicyclic) bond motifs is 2. The summed E-state index contributed by atoms with van der Waals surface area (Å²) in [5, 5.41) is 7.04. The fourth-order valence-electron chi connectivity index (χ4n) is 11.2. The summed E-state index contributed by atoms with van der Waals surface area (Å²) in [5.74, 6) is 3.74. The standard InChI is InChI=1S/C28H38N8O2.C28H37N7O3/c1-34-8-10-35(11-9-34)20-21-18-31-28(32-19-21)33-22-2-4-24(5-3-22)38-26-17-23(36-12-14-37-15-13-36)16-25-27(26)30-7-6-29-25;1-2-10-34(9-1)11-16-37-24-19-31-28(32-20-24)33-21-3-5-23(6-4-21)38-26-18-22(35-12-14-36-15-13-35)17-25-27(26)30-8-7-29-25/h6-7,16-19,22,24H,2-5,8-15,20H2,1H3,(H,31,32,33);7-8,17-21,23H,1-6,9-16H2,(H,31,32,33). The van der Waals surface area contributed by atoms with E-state index >= 15 is 0 Å². The maximum atomic E-state index is 6.57. The molecule has 6 aliphatic rings. The molecule has 20 nitrogen and oxygen atoms in total. The Balaban J connectivity index is 0.000000162. The molecular formula is C56H75N15O5. The van der Waals surface area contributed by atoms with Gasteiger partial charge in [-0.25, -0.2) is 29.9 Å². The van der Waals surface area contributed by atoms with Crippen molar-refractivity contribution in [3.8, 4) is 17.2 Å². The van der Waals surface area contributed by atoms with Crippen molar-refractivity contribution in [3.63, 3.8) is 0 Å². The molecule has 76 heavy (non-hydrogen) atoms. The van der Waals surface area contributed by atoms with E-state index in [-0.39, 0.29) is 12.2 Å². The topological polar surface area (TPSA) is 190 Å². The highest BCUT2D eigenvalue weighted by molar-refractivity contribution is 5.86. The molecule has 6 aromatic rings. The highest BCUT2D eigenvalue weighted by Crippen LogP contribution is 2.35. The van der Waals surface area contributed by atoms with Crippen molar-refractivity contribution < 1.29 is 23.7 Å². The number of piperazine rings is 1. The third-order valence-corrected chi connectivity index (χ3v) is 15.6. The molecule has 8 heterocycles. The zero-order chi connectivity index (χ0) is 51.3. The maximum Gasteiger partial charge on any atom is 0.223 e. The zero-order valence-corrected chi connectivity index (χ0v) is 44.2. The van der Waals surface area contributed by atoms with Crippen molar-refractivity contribution in [2.24, 2.45) is 0 Å². The number of hydrogen-bond donors (Lipinski definition) is 2. The van der Waals surface area contributed by atoms with Gasteiger partial charge in [-0.1, -0.05) is 0 Å². The second-order valence-electron chi connectivity index (χ2n) is 21.0. The van der Waals surface area contributed by atoms with Gasteiger partial charge < -0.3 is 49.0 Å². The van der Waals surface area contributed by atoms with E-state index in [2.05, 4.69) is 106 Å². The first-order valence-electron chi connectivity index (χ1n) is 27.9. The molecule has 0 bridgehead atoms. The lowest BCUT2D eigenvalue weighted by molar-refractivity contribution is 0.122. The number of nitrogens with zero attached hydrogens (tertiary/aromatic N) is 13. The van der Waals surface area contributed by atoms with Gasteiger partial charge in [0.05, 0.1) is 62.1 Å². The number of hydrogen-bond acceptors (Lipinski definition) is 20. The summed E-state index contributed by atoms with van der Waals surface area (Å²) >= 11 is 0. The molecule has 0 spiro atoms. The van der Waals surface area contributed by atoms with Crippen LogP contribution in [0.25, 0.3) is 22.1 Å². The number of likely N-dealkylation sites (tertiary alicyclic amines) is 1. The normalized spacial score (nSPS) is 23.0. The number of likely N-dealkylation sites (N-methyl/N-ethyl adjacent to an activating group) is 1. The Labute approximate surface area is 446 Å². The molecule has 4 saturated heterocycles. The van der Waals surface area contributed by atoms with Crippen molar-refractivity contribution in [1.82, 2.24) is 54.6 Å². The van der Waals surface area contributed by atoms with E-state index < -0.39 is 0 Å². The van der Waals surface area contributed by atoms with Gasteiger partial charge in [0, 0.05) is 144 Å². The second-order valence-corrected chi connectivity index (χ2v) is 21.0. The van der Waals surface area contributed by atoms with Crippen molar-refractivity contribution in [2.45, 2.75) is 95.0 Å². The van der Waals surface area contributed by atoms with Crippen LogP contribution in [-0.4, -0.2) is 191 Å². The van der Waals surface area contributed by atoms with E-state index in [0.717, 1.165) is 200 Å². The molecule has 0 atom stereocenters. The summed E-state index contributed by atoms with van der Waals surface area (Å²) in [7, 11) is 2.18. The molecule has 6 fully saturated rings. The summed E-state index contributed by atoms with van der Waals surface area (Å²) in [4.78, 5) is 48.4. The minimum Gasteiger partial charge on any atom is -0.489 e. The predicted molar refractivity (Wildman–Crippen MR) is 294 cm³/mol. The van der Waals surface area contributed by atoms with Crippen molar-refractivity contribution in [2.75, 3.05) is 133 Å². The van der Waals surface area contributed by atoms with Gasteiger partial charge in [-0.05, 0) is 96.5 Å². The largest absolute Gasteiger partial charge is 0.489 e. The number of aromatic nitrogens is 8. The summed E-state index contributed by atoms with van der Waals surface area (Å²) in [6, 6.07) is 9.14. The molecule has 0 amide bonds. The monoisotopic (exact) mass is 1040 g/mol. The molecule has 2 aliphatic carbocycles. The minimum atomic E-state index is 0.144. The Bertz CT molecular complexity index is 2740. The first-order valence-corrected chi connectivity index (χ1v) is 27.9. The van der Waals surface area contributed by atoms with Crippen molar-refractivity contribution >= 4 is 45.3 Å². The lowest BCUT2D eigenvalue weighted by Crippen LogP contribution is -2.43. The molecular weight excluding hydrogens is 963 g/mol.